The second-order valence-corrected chi connectivity index (χ2v) is 9.00. The maximum absolute atomic E-state index is 14.7. The highest BCUT2D eigenvalue weighted by Gasteiger charge is 2.32. The van der Waals surface area contributed by atoms with E-state index < -0.39 is 11.7 Å². The highest BCUT2D eigenvalue weighted by molar-refractivity contribution is 7.97. The van der Waals surface area contributed by atoms with E-state index >= 15 is 0 Å². The number of carbonyl (C=O) groups excluding carboxylic acids is 1. The van der Waals surface area contributed by atoms with Gasteiger partial charge in [-0.2, -0.15) is 0 Å². The molecule has 31 heavy (non-hydrogen) atoms. The van der Waals surface area contributed by atoms with E-state index in [1.807, 2.05) is 12.1 Å². The van der Waals surface area contributed by atoms with E-state index in [-0.39, 0.29) is 23.5 Å². The summed E-state index contributed by atoms with van der Waals surface area (Å²) in [6.45, 7) is 3.78. The average Bonchev–Trinajstić information content (AvgIpc) is 3.59. The van der Waals surface area contributed by atoms with Crippen molar-refractivity contribution in [1.29, 1.82) is 0 Å². The first-order valence-electron chi connectivity index (χ1n) is 10.8. The molecule has 1 aliphatic carbocycles. The van der Waals surface area contributed by atoms with E-state index in [2.05, 4.69) is 16.5 Å². The van der Waals surface area contributed by atoms with Crippen molar-refractivity contribution >= 4 is 17.9 Å². The van der Waals surface area contributed by atoms with Crippen molar-refractivity contribution in [3.05, 3.63) is 64.7 Å². The van der Waals surface area contributed by atoms with Crippen LogP contribution in [0.15, 0.2) is 36.4 Å². The lowest BCUT2D eigenvalue weighted by molar-refractivity contribution is 0.0650. The summed E-state index contributed by atoms with van der Waals surface area (Å²) in [5.74, 6) is -0.329. The topological polar surface area (TPSA) is 41.6 Å². The van der Waals surface area contributed by atoms with Gasteiger partial charge in [-0.25, -0.2) is 8.78 Å². The van der Waals surface area contributed by atoms with Crippen molar-refractivity contribution in [3.63, 3.8) is 0 Å². The van der Waals surface area contributed by atoms with Crippen molar-refractivity contribution in [2.75, 3.05) is 19.3 Å². The number of likely N-dealkylation sites (tertiary alicyclic amines) is 1. The van der Waals surface area contributed by atoms with Crippen molar-refractivity contribution in [2.45, 2.75) is 50.7 Å². The molecule has 1 saturated carbocycles. The number of hydrogen-bond acceptors (Lipinski definition) is 4. The molecule has 0 bridgehead atoms. The Morgan fingerprint density at radius 3 is 2.61 bits per heavy atom. The molecule has 2 aromatic rings. The Morgan fingerprint density at radius 1 is 1.19 bits per heavy atom. The third-order valence-electron chi connectivity index (χ3n) is 6.16. The Bertz CT molecular complexity index is 934. The predicted molar refractivity (Wildman–Crippen MR) is 119 cm³/mol. The maximum atomic E-state index is 14.7. The molecule has 2 aliphatic rings. The summed E-state index contributed by atoms with van der Waals surface area (Å²) in [5, 5.41) is 0. The SMILES string of the molecule is CSNC(=O)c1cc(C2CC2)c(OC2CCCN(C(C)c3ccc(F)cc3)C2)cc1F. The Kier molecular flexibility index (Phi) is 6.82. The van der Waals surface area contributed by atoms with E-state index in [0.717, 1.165) is 61.8 Å². The van der Waals surface area contributed by atoms with Gasteiger partial charge in [0.05, 0.1) is 5.56 Å². The molecular weight excluding hydrogens is 418 g/mol. The fourth-order valence-electron chi connectivity index (χ4n) is 4.25. The van der Waals surface area contributed by atoms with Gasteiger partial charge in [-0.1, -0.05) is 24.1 Å². The average molecular weight is 447 g/mol. The van der Waals surface area contributed by atoms with Crippen molar-refractivity contribution in [3.8, 4) is 5.75 Å². The normalized spacial score (nSPS) is 20.3. The lowest BCUT2D eigenvalue weighted by atomic mass is 10.0. The van der Waals surface area contributed by atoms with Gasteiger partial charge in [0.1, 0.15) is 23.5 Å². The van der Waals surface area contributed by atoms with E-state index in [4.69, 9.17) is 4.74 Å². The summed E-state index contributed by atoms with van der Waals surface area (Å²) >= 11 is 1.15. The van der Waals surface area contributed by atoms with Gasteiger partial charge in [-0.15, -0.1) is 0 Å². The number of nitrogens with one attached hydrogen (secondary N) is 1. The van der Waals surface area contributed by atoms with Crippen LogP contribution in [0.1, 0.15) is 66.1 Å². The second kappa shape index (κ2) is 9.57. The minimum atomic E-state index is -0.557. The summed E-state index contributed by atoms with van der Waals surface area (Å²) in [5.41, 5.74) is 2.06. The highest BCUT2D eigenvalue weighted by Crippen LogP contribution is 2.45. The number of rotatable bonds is 7. The number of carbonyl (C=O) groups is 1. The maximum Gasteiger partial charge on any atom is 0.264 e. The number of halogens is 2. The Hall–Kier alpha value is -2.12. The zero-order valence-corrected chi connectivity index (χ0v) is 18.7. The fraction of sp³-hybridized carbons (Fsp3) is 0.458. The molecule has 4 rings (SSSR count). The van der Waals surface area contributed by atoms with Gasteiger partial charge < -0.3 is 4.74 Å². The second-order valence-electron chi connectivity index (χ2n) is 8.38. The Balaban J connectivity index is 1.50. The molecule has 1 saturated heterocycles. The third kappa shape index (κ3) is 5.21. The molecule has 2 aromatic carbocycles. The smallest absolute Gasteiger partial charge is 0.264 e. The summed E-state index contributed by atoms with van der Waals surface area (Å²) in [4.78, 5) is 14.5. The monoisotopic (exact) mass is 446 g/mol. The van der Waals surface area contributed by atoms with Gasteiger partial charge >= 0.3 is 0 Å². The van der Waals surface area contributed by atoms with Gasteiger partial charge in [0.2, 0.25) is 0 Å². The quantitative estimate of drug-likeness (QED) is 0.574. The standard InChI is InChI=1S/C24H28F2N2O2S/c1-15(16-7-9-18(25)10-8-16)28-11-3-4-19(14-28)30-23-13-22(26)21(24(29)27-31-2)12-20(23)17-5-6-17/h7-10,12-13,15,17,19H,3-6,11,14H2,1-2H3,(H,27,29). The van der Waals surface area contributed by atoms with Crippen molar-refractivity contribution < 1.29 is 18.3 Å². The highest BCUT2D eigenvalue weighted by atomic mass is 32.2. The van der Waals surface area contributed by atoms with Crippen LogP contribution in [0.5, 0.6) is 5.75 Å². The van der Waals surface area contributed by atoms with E-state index in [0.29, 0.717) is 11.7 Å². The molecule has 1 aliphatic heterocycles. The zero-order chi connectivity index (χ0) is 22.0. The van der Waals surface area contributed by atoms with Crippen LogP contribution in [-0.4, -0.2) is 36.3 Å². The van der Waals surface area contributed by atoms with Crippen LogP contribution in [0.2, 0.25) is 0 Å². The molecule has 1 heterocycles. The summed E-state index contributed by atoms with van der Waals surface area (Å²) in [6.07, 6.45) is 5.61. The first-order valence-corrected chi connectivity index (χ1v) is 12.0. The van der Waals surface area contributed by atoms with Crippen LogP contribution in [0, 0.1) is 11.6 Å². The molecule has 7 heteroatoms. The molecule has 2 fully saturated rings. The summed E-state index contributed by atoms with van der Waals surface area (Å²) < 4.78 is 36.9. The molecule has 2 atom stereocenters. The predicted octanol–water partition coefficient (Wildman–Crippen LogP) is 5.45. The number of piperidine rings is 1. The molecule has 2 unspecified atom stereocenters. The molecule has 4 nitrogen and oxygen atoms in total. The van der Waals surface area contributed by atoms with Crippen LogP contribution in [0.4, 0.5) is 8.78 Å². The number of benzene rings is 2. The largest absolute Gasteiger partial charge is 0.489 e. The fourth-order valence-corrected chi connectivity index (χ4v) is 4.55. The number of ether oxygens (including phenoxy) is 1. The van der Waals surface area contributed by atoms with Crippen molar-refractivity contribution in [1.82, 2.24) is 9.62 Å². The third-order valence-corrected chi connectivity index (χ3v) is 6.55. The van der Waals surface area contributed by atoms with Gasteiger partial charge in [-0.3, -0.25) is 14.4 Å². The molecule has 0 spiro atoms. The van der Waals surface area contributed by atoms with Gasteiger partial charge in [-0.05, 0) is 74.4 Å². The van der Waals surface area contributed by atoms with E-state index in [9.17, 15) is 13.6 Å². The molecular formula is C24H28F2N2O2S. The Morgan fingerprint density at radius 2 is 1.94 bits per heavy atom. The molecule has 166 valence electrons. The summed E-state index contributed by atoms with van der Waals surface area (Å²) in [6, 6.07) is 9.81. The first-order chi connectivity index (χ1) is 15.0. The van der Waals surface area contributed by atoms with Crippen LogP contribution in [-0.2, 0) is 0 Å². The summed E-state index contributed by atoms with van der Waals surface area (Å²) in [7, 11) is 0. The molecule has 1 N–H and O–H groups in total. The molecule has 0 aromatic heterocycles. The lowest BCUT2D eigenvalue weighted by Crippen LogP contribution is -2.42. The first kappa shape index (κ1) is 22.1. The Labute approximate surface area is 186 Å². The van der Waals surface area contributed by atoms with Crippen LogP contribution in [0.25, 0.3) is 0 Å². The van der Waals surface area contributed by atoms with E-state index in [1.54, 1.807) is 12.3 Å². The lowest BCUT2D eigenvalue weighted by Gasteiger charge is -2.37. The minimum Gasteiger partial charge on any atom is -0.489 e. The van der Waals surface area contributed by atoms with Crippen molar-refractivity contribution in [2.24, 2.45) is 0 Å². The van der Waals surface area contributed by atoms with Crippen LogP contribution >= 0.6 is 11.9 Å². The molecule has 1 amide bonds. The van der Waals surface area contributed by atoms with Crippen LogP contribution in [0.3, 0.4) is 0 Å². The minimum absolute atomic E-state index is 0.0561. The van der Waals surface area contributed by atoms with Gasteiger partial charge in [0.25, 0.3) is 5.91 Å². The van der Waals surface area contributed by atoms with Gasteiger partial charge in [0, 0.05) is 24.9 Å². The molecule has 0 radical (unpaired) electrons. The number of nitrogens with zero attached hydrogens (tertiary/aromatic N) is 1. The van der Waals surface area contributed by atoms with Gasteiger partial charge in [0.15, 0.2) is 0 Å². The number of hydrogen-bond donors (Lipinski definition) is 1. The van der Waals surface area contributed by atoms with E-state index in [1.165, 1.54) is 18.2 Å². The zero-order valence-electron chi connectivity index (χ0n) is 17.9. The van der Waals surface area contributed by atoms with Crippen LogP contribution < -0.4 is 9.46 Å². The number of amides is 1.